The molecule has 3 aromatic carbocycles. The average Bonchev–Trinajstić information content (AvgIpc) is 2.98. The normalized spacial score (nSPS) is 10.7. The molecule has 0 aliphatic heterocycles. The van der Waals surface area contributed by atoms with Crippen LogP contribution in [0.2, 0.25) is 0 Å². The molecule has 0 aliphatic carbocycles. The fourth-order valence-corrected chi connectivity index (χ4v) is 6.76. The van der Waals surface area contributed by atoms with E-state index in [1.807, 2.05) is 0 Å². The number of nitrogens with zero attached hydrogens (tertiary/aromatic N) is 1. The van der Waals surface area contributed by atoms with Gasteiger partial charge in [0.2, 0.25) is 11.2 Å². The Bertz CT molecular complexity index is 1130. The maximum Gasteiger partial charge on any atom is 0.231 e. The molecule has 1 heterocycles. The number of halogens is 5. The Hall–Kier alpha value is -0.500. The van der Waals surface area contributed by atoms with Crippen LogP contribution in [0.5, 0.6) is 0 Å². The maximum atomic E-state index is 3.65. The zero-order chi connectivity index (χ0) is 20.7. The van der Waals surface area contributed by atoms with Gasteiger partial charge in [0.25, 0.3) is 0 Å². The Morgan fingerprint density at radius 3 is 1.50 bits per heavy atom. The molecule has 0 unspecified atom stereocenters. The Morgan fingerprint density at radius 2 is 1.13 bits per heavy atom. The molecule has 0 atom stereocenters. The molecule has 4 aromatic rings. The third-order valence-corrected chi connectivity index (χ3v) is 7.63. The molecule has 0 aliphatic rings. The molecule has 30 heavy (non-hydrogen) atoms. The van der Waals surface area contributed by atoms with Crippen LogP contribution in [0.15, 0.2) is 78.0 Å². The van der Waals surface area contributed by atoms with Crippen molar-refractivity contribution in [3.8, 4) is 27.9 Å². The summed E-state index contributed by atoms with van der Waals surface area (Å²) in [6, 6.07) is 19.3. The van der Waals surface area contributed by atoms with Crippen LogP contribution < -0.4 is 17.0 Å². The average molecular weight is 694 g/mol. The van der Waals surface area contributed by atoms with Gasteiger partial charge in [0.05, 0.1) is 16.0 Å². The summed E-state index contributed by atoms with van der Waals surface area (Å²) in [4.78, 5) is 1.32. The van der Waals surface area contributed by atoms with Crippen molar-refractivity contribution in [1.29, 1.82) is 0 Å². The van der Waals surface area contributed by atoms with Gasteiger partial charge in [-0.25, -0.2) is 0 Å². The number of hydrogen-bond acceptors (Lipinski definition) is 1. The molecule has 0 spiro atoms. The van der Waals surface area contributed by atoms with Crippen LogP contribution in [0.4, 0.5) is 0 Å². The summed E-state index contributed by atoms with van der Waals surface area (Å²) in [5, 5.41) is 0. The Labute approximate surface area is 220 Å². The molecule has 0 N–H and O–H groups in total. The first-order chi connectivity index (χ1) is 13.8. The Kier molecular flexibility index (Phi) is 8.02. The van der Waals surface area contributed by atoms with Gasteiger partial charge in [0, 0.05) is 24.8 Å². The van der Waals surface area contributed by atoms with Gasteiger partial charge in [0.1, 0.15) is 0 Å². The van der Waals surface area contributed by atoms with Crippen molar-refractivity contribution in [2.45, 2.75) is 13.8 Å². The van der Waals surface area contributed by atoms with Gasteiger partial charge in [-0.15, -0.1) is 0 Å². The number of aryl methyl sites for hydroxylation is 1. The molecule has 0 bridgehead atoms. The Morgan fingerprint density at radius 1 is 0.700 bits per heavy atom. The predicted molar refractivity (Wildman–Crippen MR) is 137 cm³/mol. The second-order valence-corrected chi connectivity index (χ2v) is 11.5. The highest BCUT2D eigenvalue weighted by Gasteiger charge is 2.25. The van der Waals surface area contributed by atoms with Crippen molar-refractivity contribution in [3.63, 3.8) is 0 Å². The molecule has 1 aromatic heterocycles. The van der Waals surface area contributed by atoms with E-state index in [2.05, 4.69) is 142 Å². The van der Waals surface area contributed by atoms with Crippen LogP contribution in [0.1, 0.15) is 10.6 Å². The minimum atomic E-state index is 0. The number of para-hydroxylation sites is 1. The number of benzene rings is 3. The number of aromatic nitrogens is 1. The molecule has 0 fully saturated rings. The van der Waals surface area contributed by atoms with E-state index in [1.54, 1.807) is 11.3 Å². The molecular formula is C23H16Br4ClNS. The van der Waals surface area contributed by atoms with Gasteiger partial charge in [-0.2, -0.15) is 4.57 Å². The SMILES string of the molecule is Cc1sc[n+](-c2c(-c3cc(Br)cc(Br)c3)cccc2-c2cc(Br)cc(Br)c2)c1C.[Cl-]. The van der Waals surface area contributed by atoms with Crippen molar-refractivity contribution in [2.75, 3.05) is 0 Å². The van der Waals surface area contributed by atoms with E-state index in [9.17, 15) is 0 Å². The lowest BCUT2D eigenvalue weighted by Crippen LogP contribution is -3.00. The summed E-state index contributed by atoms with van der Waals surface area (Å²) >= 11 is 16.4. The number of rotatable bonds is 3. The van der Waals surface area contributed by atoms with Gasteiger partial charge >= 0.3 is 0 Å². The molecular weight excluding hydrogens is 677 g/mol. The van der Waals surface area contributed by atoms with Crippen LogP contribution in [0.25, 0.3) is 27.9 Å². The first kappa shape index (κ1) is 24.1. The van der Waals surface area contributed by atoms with Crippen LogP contribution in [-0.2, 0) is 0 Å². The molecule has 4 rings (SSSR count). The summed E-state index contributed by atoms with van der Waals surface area (Å²) < 4.78 is 6.51. The highest BCUT2D eigenvalue weighted by atomic mass is 79.9. The standard InChI is InChI=1S/C23H16Br4NS.ClH/c1-13-14(2)29-12-28(13)23-21(15-6-17(24)10-18(25)7-15)4-3-5-22(23)16-8-19(26)11-20(27)9-16;/h3-12H,1-2H3;1H/q+1;/p-1. The molecule has 1 nitrogen and oxygen atoms in total. The van der Waals surface area contributed by atoms with Gasteiger partial charge in [-0.1, -0.05) is 81.1 Å². The highest BCUT2D eigenvalue weighted by molar-refractivity contribution is 9.11. The van der Waals surface area contributed by atoms with Crippen LogP contribution in [-0.4, -0.2) is 0 Å². The largest absolute Gasteiger partial charge is 1.00 e. The minimum Gasteiger partial charge on any atom is -1.00 e. The second kappa shape index (κ2) is 9.97. The summed E-state index contributed by atoms with van der Waals surface area (Å²) in [5.74, 6) is 0. The molecule has 7 heteroatoms. The molecule has 0 radical (unpaired) electrons. The lowest BCUT2D eigenvalue weighted by Gasteiger charge is -2.12. The van der Waals surface area contributed by atoms with Crippen LogP contribution >= 0.6 is 75.1 Å². The summed E-state index contributed by atoms with van der Waals surface area (Å²) in [6.45, 7) is 4.35. The van der Waals surface area contributed by atoms with E-state index in [1.165, 1.54) is 27.4 Å². The van der Waals surface area contributed by atoms with Gasteiger partial charge in [-0.3, -0.25) is 0 Å². The fourth-order valence-electron chi connectivity index (χ4n) is 3.37. The zero-order valence-corrected chi connectivity index (χ0v) is 23.9. The van der Waals surface area contributed by atoms with Crippen LogP contribution in [0, 0.1) is 13.8 Å². The molecule has 0 saturated heterocycles. The number of hydrogen-bond donors (Lipinski definition) is 0. The predicted octanol–water partition coefficient (Wildman–Crippen LogP) is 6.03. The van der Waals surface area contributed by atoms with E-state index in [0.717, 1.165) is 29.0 Å². The topological polar surface area (TPSA) is 3.88 Å². The van der Waals surface area contributed by atoms with Crippen molar-refractivity contribution in [1.82, 2.24) is 0 Å². The zero-order valence-electron chi connectivity index (χ0n) is 16.0. The van der Waals surface area contributed by atoms with Crippen molar-refractivity contribution < 1.29 is 17.0 Å². The van der Waals surface area contributed by atoms with Gasteiger partial charge in [0.15, 0.2) is 5.69 Å². The minimum absolute atomic E-state index is 0. The second-order valence-electron chi connectivity index (χ2n) is 6.75. The smallest absolute Gasteiger partial charge is 0.231 e. The lowest BCUT2D eigenvalue weighted by atomic mass is 9.95. The first-order valence-electron chi connectivity index (χ1n) is 8.86. The summed E-state index contributed by atoms with van der Waals surface area (Å²) in [6.07, 6.45) is 0. The van der Waals surface area contributed by atoms with E-state index < -0.39 is 0 Å². The Balaban J connectivity index is 0.00000256. The van der Waals surface area contributed by atoms with Crippen LogP contribution in [0.3, 0.4) is 0 Å². The fraction of sp³-hybridized carbons (Fsp3) is 0.0870. The van der Waals surface area contributed by atoms with E-state index in [-0.39, 0.29) is 12.4 Å². The summed E-state index contributed by atoms with van der Waals surface area (Å²) in [5.41, 5.74) is 9.34. The molecule has 0 saturated carbocycles. The molecule has 0 amide bonds. The maximum absolute atomic E-state index is 3.65. The lowest BCUT2D eigenvalue weighted by molar-refractivity contribution is -0.596. The van der Waals surface area contributed by atoms with E-state index in [0.29, 0.717) is 0 Å². The quantitative estimate of drug-likeness (QED) is 0.231. The summed E-state index contributed by atoms with van der Waals surface area (Å²) in [7, 11) is 0. The highest BCUT2D eigenvalue weighted by Crippen LogP contribution is 2.37. The number of thiazole rings is 1. The third-order valence-electron chi connectivity index (χ3n) is 4.83. The van der Waals surface area contributed by atoms with Gasteiger partial charge in [-0.05, 0) is 66.6 Å². The van der Waals surface area contributed by atoms with E-state index in [4.69, 9.17) is 0 Å². The first-order valence-corrected chi connectivity index (χ1v) is 12.9. The van der Waals surface area contributed by atoms with Crippen molar-refractivity contribution in [3.05, 3.63) is 88.6 Å². The van der Waals surface area contributed by atoms with Gasteiger partial charge < -0.3 is 12.4 Å². The third kappa shape index (κ3) is 4.94. The van der Waals surface area contributed by atoms with Crippen molar-refractivity contribution in [2.24, 2.45) is 0 Å². The monoisotopic (exact) mass is 689 g/mol. The van der Waals surface area contributed by atoms with E-state index >= 15 is 0 Å². The van der Waals surface area contributed by atoms with Crippen molar-refractivity contribution >= 4 is 75.1 Å². The molecule has 154 valence electrons.